The van der Waals surface area contributed by atoms with Crippen molar-refractivity contribution in [1.29, 1.82) is 0 Å². The largest absolute Gasteiger partial charge is 0.435 e. The minimum Gasteiger partial charge on any atom is -0.435 e. The van der Waals surface area contributed by atoms with Crippen molar-refractivity contribution in [3.05, 3.63) is 29.6 Å². The van der Waals surface area contributed by atoms with Crippen LogP contribution in [0, 0.1) is 5.41 Å². The third kappa shape index (κ3) is 4.17. The Balaban J connectivity index is 1.68. The van der Waals surface area contributed by atoms with Crippen molar-refractivity contribution >= 4 is 22.4 Å². The summed E-state index contributed by atoms with van der Waals surface area (Å²) in [6, 6.07) is 6.17. The highest BCUT2D eigenvalue weighted by Crippen LogP contribution is 2.32. The van der Waals surface area contributed by atoms with Crippen LogP contribution in [0.15, 0.2) is 29.6 Å². The maximum absolute atomic E-state index is 12.6. The van der Waals surface area contributed by atoms with Gasteiger partial charge in [0.2, 0.25) is 5.91 Å². The quantitative estimate of drug-likeness (QED) is 0.800. The van der Waals surface area contributed by atoms with E-state index in [4.69, 9.17) is 10.5 Å². The second-order valence-corrected chi connectivity index (χ2v) is 6.85. The first-order valence-corrected chi connectivity index (χ1v) is 9.00. The Morgan fingerprint density at radius 3 is 2.65 bits per heavy atom. The molecule has 1 fully saturated rings. The summed E-state index contributed by atoms with van der Waals surface area (Å²) in [6.07, 6.45) is 1.17. The van der Waals surface area contributed by atoms with Crippen molar-refractivity contribution < 1.29 is 23.0 Å². The number of aromatic nitrogens is 1. The van der Waals surface area contributed by atoms with Gasteiger partial charge in [-0.25, -0.2) is 4.98 Å². The van der Waals surface area contributed by atoms with E-state index in [0.717, 1.165) is 5.56 Å². The van der Waals surface area contributed by atoms with Crippen LogP contribution in [0.1, 0.15) is 12.8 Å². The predicted octanol–water partition coefficient (Wildman–Crippen LogP) is 3.11. The lowest BCUT2D eigenvalue weighted by Crippen LogP contribution is -2.46. The molecular weight excluding hydrogens is 364 g/mol. The number of carbonyl (C=O) groups excluding carboxylic acids is 1. The van der Waals surface area contributed by atoms with Gasteiger partial charge >= 0.3 is 6.61 Å². The molecule has 3 rings (SSSR count). The number of nitrogens with zero attached hydrogens (tertiary/aromatic N) is 1. The fourth-order valence-electron chi connectivity index (χ4n) is 2.79. The van der Waals surface area contributed by atoms with Crippen LogP contribution in [0.2, 0.25) is 0 Å². The van der Waals surface area contributed by atoms with E-state index in [2.05, 4.69) is 15.0 Å². The summed E-state index contributed by atoms with van der Waals surface area (Å²) in [5.41, 5.74) is 6.59. The lowest BCUT2D eigenvalue weighted by atomic mass is 9.79. The highest BCUT2D eigenvalue weighted by molar-refractivity contribution is 7.14. The fourth-order valence-corrected chi connectivity index (χ4v) is 3.50. The zero-order valence-electron chi connectivity index (χ0n) is 13.9. The van der Waals surface area contributed by atoms with Crippen molar-refractivity contribution in [2.45, 2.75) is 19.5 Å². The molecule has 1 aliphatic heterocycles. The van der Waals surface area contributed by atoms with Gasteiger partial charge in [0.15, 0.2) is 5.13 Å². The average molecular weight is 383 g/mol. The molecule has 0 aliphatic carbocycles. The lowest BCUT2D eigenvalue weighted by molar-refractivity contribution is -0.130. The molecule has 0 saturated carbocycles. The number of nitrogens with one attached hydrogen (secondary N) is 1. The van der Waals surface area contributed by atoms with Crippen LogP contribution in [-0.2, 0) is 9.53 Å². The van der Waals surface area contributed by atoms with Gasteiger partial charge in [-0.1, -0.05) is 0 Å². The summed E-state index contributed by atoms with van der Waals surface area (Å²) >= 11 is 1.29. The van der Waals surface area contributed by atoms with Crippen LogP contribution in [-0.4, -0.2) is 37.3 Å². The molecule has 2 heterocycles. The molecule has 26 heavy (non-hydrogen) atoms. The zero-order valence-corrected chi connectivity index (χ0v) is 14.7. The number of rotatable bonds is 6. The summed E-state index contributed by atoms with van der Waals surface area (Å²) in [4.78, 5) is 17.0. The van der Waals surface area contributed by atoms with Crippen molar-refractivity contribution in [1.82, 2.24) is 4.98 Å². The number of nitrogens with two attached hydrogens (primary N) is 1. The van der Waals surface area contributed by atoms with E-state index in [1.807, 2.05) is 0 Å². The Morgan fingerprint density at radius 2 is 2.04 bits per heavy atom. The number of hydrogen-bond acceptors (Lipinski definition) is 6. The van der Waals surface area contributed by atoms with E-state index in [1.165, 1.54) is 23.5 Å². The van der Waals surface area contributed by atoms with Crippen LogP contribution >= 0.6 is 11.3 Å². The first kappa shape index (κ1) is 18.7. The van der Waals surface area contributed by atoms with Gasteiger partial charge in [0.05, 0.1) is 11.1 Å². The Hall–Kier alpha value is -2.10. The molecule has 0 unspecified atom stereocenters. The number of ether oxygens (including phenoxy) is 2. The minimum absolute atomic E-state index is 0.0805. The van der Waals surface area contributed by atoms with Gasteiger partial charge in [0.1, 0.15) is 5.75 Å². The van der Waals surface area contributed by atoms with Gasteiger partial charge in [-0.15, -0.1) is 11.3 Å². The molecule has 1 aromatic carbocycles. The van der Waals surface area contributed by atoms with E-state index in [0.29, 0.717) is 36.9 Å². The third-order valence-corrected chi connectivity index (χ3v) is 5.18. The van der Waals surface area contributed by atoms with Gasteiger partial charge in [-0.05, 0) is 37.1 Å². The molecule has 1 aromatic heterocycles. The molecule has 9 heteroatoms. The van der Waals surface area contributed by atoms with Crippen molar-refractivity contribution in [3.8, 4) is 17.0 Å². The van der Waals surface area contributed by atoms with Gasteiger partial charge in [0, 0.05) is 30.7 Å². The number of benzene rings is 1. The van der Waals surface area contributed by atoms with Crippen LogP contribution in [0.25, 0.3) is 11.3 Å². The number of alkyl halides is 2. The second kappa shape index (κ2) is 8.07. The summed E-state index contributed by atoms with van der Waals surface area (Å²) in [5.74, 6) is -0.0678. The first-order valence-electron chi connectivity index (χ1n) is 8.12. The number of anilines is 1. The summed E-state index contributed by atoms with van der Waals surface area (Å²) < 4.78 is 34.0. The predicted molar refractivity (Wildman–Crippen MR) is 94.4 cm³/mol. The maximum atomic E-state index is 12.6. The smallest absolute Gasteiger partial charge is 0.387 e. The number of carbonyl (C=O) groups is 1. The SMILES string of the molecule is NCC1(C(=O)Nc2nc(-c3ccc(OC(F)F)cc3)cs2)CCOCC1. The van der Waals surface area contributed by atoms with E-state index in [9.17, 15) is 13.6 Å². The zero-order chi connectivity index (χ0) is 18.6. The van der Waals surface area contributed by atoms with Crippen molar-refractivity contribution in [2.24, 2.45) is 11.1 Å². The Kier molecular flexibility index (Phi) is 5.80. The molecule has 140 valence electrons. The van der Waals surface area contributed by atoms with Gasteiger partial charge < -0.3 is 20.5 Å². The Morgan fingerprint density at radius 1 is 1.35 bits per heavy atom. The van der Waals surface area contributed by atoms with E-state index >= 15 is 0 Å². The Bertz CT molecular complexity index is 746. The normalized spacial score (nSPS) is 16.5. The highest BCUT2D eigenvalue weighted by Gasteiger charge is 2.39. The summed E-state index contributed by atoms with van der Waals surface area (Å²) in [7, 11) is 0. The number of hydrogen-bond donors (Lipinski definition) is 2. The number of thiazole rings is 1. The van der Waals surface area contributed by atoms with Gasteiger partial charge in [-0.2, -0.15) is 8.78 Å². The molecule has 0 radical (unpaired) electrons. The molecule has 2 aromatic rings. The van der Waals surface area contributed by atoms with Crippen molar-refractivity contribution in [3.63, 3.8) is 0 Å². The van der Waals surface area contributed by atoms with E-state index < -0.39 is 12.0 Å². The van der Waals surface area contributed by atoms with Crippen LogP contribution in [0.5, 0.6) is 5.75 Å². The summed E-state index contributed by atoms with van der Waals surface area (Å²) in [5, 5.41) is 5.10. The first-order chi connectivity index (χ1) is 12.5. The minimum atomic E-state index is -2.86. The second-order valence-electron chi connectivity index (χ2n) is 5.99. The van der Waals surface area contributed by atoms with Gasteiger partial charge in [0.25, 0.3) is 0 Å². The van der Waals surface area contributed by atoms with E-state index in [1.54, 1.807) is 17.5 Å². The molecule has 1 saturated heterocycles. The average Bonchev–Trinajstić information content (AvgIpc) is 3.11. The maximum Gasteiger partial charge on any atom is 0.387 e. The van der Waals surface area contributed by atoms with Crippen LogP contribution in [0.4, 0.5) is 13.9 Å². The monoisotopic (exact) mass is 383 g/mol. The molecule has 6 nitrogen and oxygen atoms in total. The van der Waals surface area contributed by atoms with Crippen molar-refractivity contribution in [2.75, 3.05) is 25.1 Å². The molecule has 3 N–H and O–H groups in total. The third-order valence-electron chi connectivity index (χ3n) is 4.42. The fraction of sp³-hybridized carbons (Fsp3) is 0.412. The molecule has 1 aliphatic rings. The summed E-state index contributed by atoms with van der Waals surface area (Å²) in [6.45, 7) is -1.57. The highest BCUT2D eigenvalue weighted by atomic mass is 32.1. The topological polar surface area (TPSA) is 86.5 Å². The van der Waals surface area contributed by atoms with E-state index in [-0.39, 0.29) is 18.2 Å². The molecule has 0 atom stereocenters. The molecule has 0 spiro atoms. The lowest BCUT2D eigenvalue weighted by Gasteiger charge is -2.34. The number of amides is 1. The molecule has 1 amide bonds. The van der Waals surface area contributed by atoms with Crippen LogP contribution < -0.4 is 15.8 Å². The number of halogens is 2. The molecular formula is C17H19F2N3O3S. The van der Waals surface area contributed by atoms with Crippen LogP contribution in [0.3, 0.4) is 0 Å². The standard InChI is InChI=1S/C17H19F2N3O3S/c18-15(19)25-12-3-1-11(2-4-12)13-9-26-16(21-13)22-14(23)17(10-20)5-7-24-8-6-17/h1-4,9,15H,5-8,10,20H2,(H,21,22,23). The van der Waals surface area contributed by atoms with Gasteiger partial charge in [-0.3, -0.25) is 4.79 Å². The molecule has 0 bridgehead atoms. The Labute approximate surface area is 153 Å².